The van der Waals surface area contributed by atoms with Crippen molar-refractivity contribution in [3.05, 3.63) is 50.6 Å². The van der Waals surface area contributed by atoms with Crippen molar-refractivity contribution in [3.63, 3.8) is 0 Å². The maximum absolute atomic E-state index is 5.77. The van der Waals surface area contributed by atoms with E-state index < -0.39 is 0 Å². The van der Waals surface area contributed by atoms with Crippen LogP contribution in [-0.4, -0.2) is 6.61 Å². The first-order valence-electron chi connectivity index (χ1n) is 6.42. The maximum Gasteiger partial charge on any atom is 0.123 e. The lowest BCUT2D eigenvalue weighted by atomic mass is 10.2. The molecule has 102 valence electrons. The number of benzene rings is 1. The molecule has 2 nitrogen and oxygen atoms in total. The summed E-state index contributed by atoms with van der Waals surface area (Å²) in [7, 11) is 0. The Labute approximate surface area is 126 Å². The van der Waals surface area contributed by atoms with E-state index in [-0.39, 0.29) is 0 Å². The van der Waals surface area contributed by atoms with E-state index in [0.717, 1.165) is 36.3 Å². The van der Waals surface area contributed by atoms with Crippen molar-refractivity contribution < 1.29 is 4.74 Å². The van der Waals surface area contributed by atoms with E-state index in [4.69, 9.17) is 4.74 Å². The number of halogens is 1. The number of hydrogen-bond donors (Lipinski definition) is 1. The van der Waals surface area contributed by atoms with E-state index in [0.29, 0.717) is 0 Å². The van der Waals surface area contributed by atoms with Gasteiger partial charge in [0.2, 0.25) is 0 Å². The van der Waals surface area contributed by atoms with E-state index in [1.54, 1.807) is 11.3 Å². The molecule has 0 spiro atoms. The molecular weight excluding hydrogens is 322 g/mol. The van der Waals surface area contributed by atoms with Crippen LogP contribution in [0.2, 0.25) is 0 Å². The van der Waals surface area contributed by atoms with Crippen LogP contribution in [0.3, 0.4) is 0 Å². The standard InChI is InChI=1S/C15H18BrNOS/c1-2-6-18-15-4-3-14(16)8-13(15)10-17-9-12-5-7-19-11-12/h3-5,7-8,11,17H,2,6,9-10H2,1H3. The molecule has 0 aliphatic rings. The quantitative estimate of drug-likeness (QED) is 0.796. The SMILES string of the molecule is CCCOc1ccc(Br)cc1CNCc1ccsc1. The van der Waals surface area contributed by atoms with E-state index in [9.17, 15) is 0 Å². The van der Waals surface area contributed by atoms with E-state index in [2.05, 4.69) is 51.1 Å². The fourth-order valence-corrected chi connectivity index (χ4v) is 2.85. The van der Waals surface area contributed by atoms with Gasteiger partial charge in [0, 0.05) is 23.1 Å². The fourth-order valence-electron chi connectivity index (χ4n) is 1.77. The minimum absolute atomic E-state index is 0.763. The van der Waals surface area contributed by atoms with Crippen LogP contribution in [0.1, 0.15) is 24.5 Å². The third-order valence-electron chi connectivity index (χ3n) is 2.71. The number of hydrogen-bond acceptors (Lipinski definition) is 3. The van der Waals surface area contributed by atoms with Crippen molar-refractivity contribution in [3.8, 4) is 5.75 Å². The molecule has 19 heavy (non-hydrogen) atoms. The highest BCUT2D eigenvalue weighted by molar-refractivity contribution is 9.10. The lowest BCUT2D eigenvalue weighted by Gasteiger charge is -2.12. The summed E-state index contributed by atoms with van der Waals surface area (Å²) >= 11 is 5.24. The Hall–Kier alpha value is -0.840. The van der Waals surface area contributed by atoms with Gasteiger partial charge < -0.3 is 10.1 Å². The molecule has 0 atom stereocenters. The summed E-state index contributed by atoms with van der Waals surface area (Å²) in [6.07, 6.45) is 1.03. The normalized spacial score (nSPS) is 10.6. The van der Waals surface area contributed by atoms with Crippen LogP contribution in [0, 0.1) is 0 Å². The lowest BCUT2D eigenvalue weighted by molar-refractivity contribution is 0.313. The van der Waals surface area contributed by atoms with Crippen LogP contribution in [0.25, 0.3) is 0 Å². The number of ether oxygens (including phenoxy) is 1. The van der Waals surface area contributed by atoms with Crippen LogP contribution >= 0.6 is 27.3 Å². The zero-order chi connectivity index (χ0) is 13.5. The molecule has 0 amide bonds. The molecule has 0 bridgehead atoms. The Morgan fingerprint density at radius 1 is 1.26 bits per heavy atom. The van der Waals surface area contributed by atoms with E-state index in [1.807, 2.05) is 12.1 Å². The monoisotopic (exact) mass is 339 g/mol. The highest BCUT2D eigenvalue weighted by atomic mass is 79.9. The Bertz CT molecular complexity index is 499. The Kier molecular flexibility index (Phi) is 5.89. The Balaban J connectivity index is 1.95. The Morgan fingerprint density at radius 3 is 2.89 bits per heavy atom. The van der Waals surface area contributed by atoms with Crippen LogP contribution in [0.5, 0.6) is 5.75 Å². The molecule has 1 N–H and O–H groups in total. The first-order valence-corrected chi connectivity index (χ1v) is 8.16. The van der Waals surface area contributed by atoms with Crippen molar-refractivity contribution in [2.45, 2.75) is 26.4 Å². The molecule has 2 rings (SSSR count). The van der Waals surface area contributed by atoms with Gasteiger partial charge in [0.15, 0.2) is 0 Å². The second-order valence-corrected chi connectivity index (χ2v) is 6.03. The predicted octanol–water partition coefficient (Wildman–Crippen LogP) is 4.59. The van der Waals surface area contributed by atoms with Gasteiger partial charge in [-0.25, -0.2) is 0 Å². The van der Waals surface area contributed by atoms with Crippen LogP contribution in [0.4, 0.5) is 0 Å². The fraction of sp³-hybridized carbons (Fsp3) is 0.333. The molecule has 1 aromatic heterocycles. The van der Waals surface area contributed by atoms with Crippen LogP contribution in [-0.2, 0) is 13.1 Å². The van der Waals surface area contributed by atoms with Crippen LogP contribution < -0.4 is 10.1 Å². The van der Waals surface area contributed by atoms with Crippen molar-refractivity contribution in [1.29, 1.82) is 0 Å². The van der Waals surface area contributed by atoms with Gasteiger partial charge in [-0.05, 0) is 47.0 Å². The zero-order valence-electron chi connectivity index (χ0n) is 11.0. The number of nitrogens with one attached hydrogen (secondary N) is 1. The second kappa shape index (κ2) is 7.68. The average molecular weight is 340 g/mol. The van der Waals surface area contributed by atoms with Crippen molar-refractivity contribution >= 4 is 27.3 Å². The van der Waals surface area contributed by atoms with Gasteiger partial charge >= 0.3 is 0 Å². The molecule has 0 saturated heterocycles. The minimum Gasteiger partial charge on any atom is -0.493 e. The second-order valence-electron chi connectivity index (χ2n) is 4.34. The third kappa shape index (κ3) is 4.64. The topological polar surface area (TPSA) is 21.3 Å². The van der Waals surface area contributed by atoms with Gasteiger partial charge in [-0.3, -0.25) is 0 Å². The molecule has 4 heteroatoms. The molecule has 1 heterocycles. The largest absolute Gasteiger partial charge is 0.493 e. The molecule has 0 saturated carbocycles. The molecule has 1 aromatic carbocycles. The zero-order valence-corrected chi connectivity index (χ0v) is 13.4. The molecule has 0 fully saturated rings. The summed E-state index contributed by atoms with van der Waals surface area (Å²) in [5.74, 6) is 0.975. The van der Waals surface area contributed by atoms with Crippen molar-refractivity contribution in [2.75, 3.05) is 6.61 Å². The first kappa shape index (κ1) is 14.6. The summed E-state index contributed by atoms with van der Waals surface area (Å²) in [6, 6.07) is 8.31. The van der Waals surface area contributed by atoms with Gasteiger partial charge in [0.25, 0.3) is 0 Å². The van der Waals surface area contributed by atoms with Gasteiger partial charge in [-0.2, -0.15) is 11.3 Å². The molecule has 0 unspecified atom stereocenters. The highest BCUT2D eigenvalue weighted by Crippen LogP contribution is 2.23. The van der Waals surface area contributed by atoms with Crippen LogP contribution in [0.15, 0.2) is 39.5 Å². The van der Waals surface area contributed by atoms with Crippen molar-refractivity contribution in [2.24, 2.45) is 0 Å². The number of thiophene rings is 1. The van der Waals surface area contributed by atoms with E-state index in [1.165, 1.54) is 11.1 Å². The molecule has 0 aliphatic carbocycles. The maximum atomic E-state index is 5.77. The van der Waals surface area contributed by atoms with Gasteiger partial charge in [0.05, 0.1) is 6.61 Å². The molecule has 0 radical (unpaired) electrons. The van der Waals surface area contributed by atoms with Gasteiger partial charge in [-0.1, -0.05) is 22.9 Å². The predicted molar refractivity (Wildman–Crippen MR) is 84.8 cm³/mol. The van der Waals surface area contributed by atoms with Crippen molar-refractivity contribution in [1.82, 2.24) is 5.32 Å². The smallest absolute Gasteiger partial charge is 0.123 e. The third-order valence-corrected chi connectivity index (χ3v) is 3.93. The number of rotatable bonds is 7. The summed E-state index contributed by atoms with van der Waals surface area (Å²) in [5, 5.41) is 7.73. The highest BCUT2D eigenvalue weighted by Gasteiger charge is 2.04. The Morgan fingerprint density at radius 2 is 2.16 bits per heavy atom. The van der Waals surface area contributed by atoms with Gasteiger partial charge in [-0.15, -0.1) is 0 Å². The van der Waals surface area contributed by atoms with E-state index >= 15 is 0 Å². The molecule has 2 aromatic rings. The average Bonchev–Trinajstić information content (AvgIpc) is 2.91. The summed E-state index contributed by atoms with van der Waals surface area (Å²) in [5.41, 5.74) is 2.52. The minimum atomic E-state index is 0.763. The molecular formula is C15H18BrNOS. The summed E-state index contributed by atoms with van der Waals surface area (Å²) in [6.45, 7) is 4.59. The van der Waals surface area contributed by atoms with Gasteiger partial charge in [0.1, 0.15) is 5.75 Å². The summed E-state index contributed by atoms with van der Waals surface area (Å²) < 4.78 is 6.86. The lowest BCUT2D eigenvalue weighted by Crippen LogP contribution is -2.13. The molecule has 0 aliphatic heterocycles. The summed E-state index contributed by atoms with van der Waals surface area (Å²) in [4.78, 5) is 0. The first-order chi connectivity index (χ1) is 9.29.